The summed E-state index contributed by atoms with van der Waals surface area (Å²) in [6.07, 6.45) is 1.63. The van der Waals surface area contributed by atoms with Gasteiger partial charge in [-0.2, -0.15) is 0 Å². The molecule has 2 N–H and O–H groups in total. The molecule has 21 heavy (non-hydrogen) atoms. The fraction of sp³-hybridized carbons (Fsp3) is 0.286. The lowest BCUT2D eigenvalue weighted by atomic mass is 10.1. The van der Waals surface area contributed by atoms with Crippen LogP contribution in [0.2, 0.25) is 5.02 Å². The third-order valence-corrected chi connectivity index (χ3v) is 3.19. The zero-order valence-corrected chi connectivity index (χ0v) is 12.0. The number of halogens is 1. The lowest BCUT2D eigenvalue weighted by molar-refractivity contribution is -0.145. The minimum Gasteiger partial charge on any atom is -0.488 e. The first-order valence-electron chi connectivity index (χ1n) is 6.17. The molecule has 0 bridgehead atoms. The number of amides is 1. The highest BCUT2D eigenvalue weighted by Gasteiger charge is 2.24. The molecule has 1 aromatic carbocycles. The molecule has 1 aromatic rings. The molecular weight excluding hydrogens is 298 g/mol. The van der Waals surface area contributed by atoms with E-state index in [1.165, 1.54) is 7.11 Å². The number of hydrogen-bond acceptors (Lipinski definition) is 5. The predicted molar refractivity (Wildman–Crippen MR) is 76.0 cm³/mol. The Balaban J connectivity index is 2.15. The number of hydrogen-bond donors (Lipinski definition) is 2. The maximum atomic E-state index is 12.1. The molecule has 0 spiro atoms. The molecule has 0 aliphatic carbocycles. The van der Waals surface area contributed by atoms with Gasteiger partial charge in [-0.25, -0.2) is 4.79 Å². The quantitative estimate of drug-likeness (QED) is 0.802. The van der Waals surface area contributed by atoms with Crippen molar-refractivity contribution < 1.29 is 24.2 Å². The number of aliphatic hydroxyl groups excluding tert-OH is 1. The van der Waals surface area contributed by atoms with Gasteiger partial charge >= 0.3 is 5.97 Å². The summed E-state index contributed by atoms with van der Waals surface area (Å²) in [6, 6.07) is 3.98. The molecule has 1 amide bonds. The monoisotopic (exact) mass is 311 g/mol. The topological polar surface area (TPSA) is 84.9 Å². The summed E-state index contributed by atoms with van der Waals surface area (Å²) in [5.41, 5.74) is 1.00. The van der Waals surface area contributed by atoms with Crippen LogP contribution in [0.3, 0.4) is 0 Å². The van der Waals surface area contributed by atoms with Crippen molar-refractivity contribution in [3.63, 3.8) is 0 Å². The number of benzene rings is 1. The SMILES string of the molecule is COC(=O)C(CO)NC(=O)C1=Cc2cc(Cl)ccc2OC1. The van der Waals surface area contributed by atoms with Crippen LogP contribution < -0.4 is 10.1 Å². The van der Waals surface area contributed by atoms with Crippen molar-refractivity contribution in [3.8, 4) is 5.75 Å². The van der Waals surface area contributed by atoms with Gasteiger partial charge in [-0.3, -0.25) is 4.79 Å². The minimum atomic E-state index is -1.11. The first kappa shape index (κ1) is 15.3. The molecule has 0 radical (unpaired) electrons. The van der Waals surface area contributed by atoms with Gasteiger partial charge in [0.05, 0.1) is 19.3 Å². The van der Waals surface area contributed by atoms with Crippen LogP contribution in [0.5, 0.6) is 5.75 Å². The Labute approximate surface area is 126 Å². The summed E-state index contributed by atoms with van der Waals surface area (Å²) in [7, 11) is 1.18. The van der Waals surface area contributed by atoms with Gasteiger partial charge in [-0.1, -0.05) is 11.6 Å². The van der Waals surface area contributed by atoms with Gasteiger partial charge in [0, 0.05) is 10.6 Å². The van der Waals surface area contributed by atoms with Gasteiger partial charge in [0.15, 0.2) is 6.04 Å². The van der Waals surface area contributed by atoms with E-state index in [2.05, 4.69) is 10.1 Å². The molecule has 1 heterocycles. The van der Waals surface area contributed by atoms with Crippen molar-refractivity contribution >= 4 is 29.6 Å². The summed E-state index contributed by atoms with van der Waals surface area (Å²) in [5.74, 6) is -0.598. The van der Waals surface area contributed by atoms with Crippen molar-refractivity contribution in [2.75, 3.05) is 20.3 Å². The average Bonchev–Trinajstić information content (AvgIpc) is 2.50. The number of carbonyl (C=O) groups excluding carboxylic acids is 2. The summed E-state index contributed by atoms with van der Waals surface area (Å²) in [6.45, 7) is -0.477. The maximum Gasteiger partial charge on any atom is 0.330 e. The number of nitrogens with one attached hydrogen (secondary N) is 1. The van der Waals surface area contributed by atoms with Gasteiger partial charge in [-0.05, 0) is 24.3 Å². The Morgan fingerprint density at radius 3 is 2.95 bits per heavy atom. The van der Waals surface area contributed by atoms with E-state index in [9.17, 15) is 9.59 Å². The summed E-state index contributed by atoms with van der Waals surface area (Å²) >= 11 is 5.89. The number of carbonyl (C=O) groups is 2. The highest BCUT2D eigenvalue weighted by molar-refractivity contribution is 6.30. The van der Waals surface area contributed by atoms with Crippen LogP contribution in [0.15, 0.2) is 23.8 Å². The molecule has 0 saturated carbocycles. The van der Waals surface area contributed by atoms with Gasteiger partial charge in [0.2, 0.25) is 0 Å². The molecular formula is C14H14ClNO5. The van der Waals surface area contributed by atoms with Crippen LogP contribution >= 0.6 is 11.6 Å². The third kappa shape index (κ3) is 3.53. The van der Waals surface area contributed by atoms with Gasteiger partial charge < -0.3 is 19.9 Å². The van der Waals surface area contributed by atoms with E-state index in [4.69, 9.17) is 21.4 Å². The molecule has 1 aliphatic heterocycles. The maximum absolute atomic E-state index is 12.1. The molecule has 0 aromatic heterocycles. The largest absolute Gasteiger partial charge is 0.488 e. The van der Waals surface area contributed by atoms with Gasteiger partial charge in [0.25, 0.3) is 5.91 Å². The lowest BCUT2D eigenvalue weighted by Crippen LogP contribution is -2.45. The summed E-state index contributed by atoms with van der Waals surface area (Å²) in [5, 5.41) is 12.0. The van der Waals surface area contributed by atoms with E-state index in [0.717, 1.165) is 0 Å². The Hall–Kier alpha value is -2.05. The number of ether oxygens (including phenoxy) is 2. The zero-order valence-electron chi connectivity index (χ0n) is 11.3. The highest BCUT2D eigenvalue weighted by atomic mass is 35.5. The van der Waals surface area contributed by atoms with Crippen LogP contribution in [-0.4, -0.2) is 43.3 Å². The molecule has 1 unspecified atom stereocenters. The molecule has 2 rings (SSSR count). The first-order valence-corrected chi connectivity index (χ1v) is 6.55. The van der Waals surface area contributed by atoms with Crippen LogP contribution in [0.25, 0.3) is 6.08 Å². The Bertz CT molecular complexity index is 599. The number of aliphatic hydroxyl groups is 1. The Morgan fingerprint density at radius 2 is 2.29 bits per heavy atom. The predicted octanol–water partition coefficient (Wildman–Crippen LogP) is 0.766. The number of methoxy groups -OCH3 is 1. The van der Waals surface area contributed by atoms with Crippen molar-refractivity contribution in [1.29, 1.82) is 0 Å². The van der Waals surface area contributed by atoms with Crippen LogP contribution in [0.1, 0.15) is 5.56 Å². The van der Waals surface area contributed by atoms with E-state index in [1.54, 1.807) is 24.3 Å². The van der Waals surface area contributed by atoms with Gasteiger partial charge in [-0.15, -0.1) is 0 Å². The minimum absolute atomic E-state index is 0.0692. The van der Waals surface area contributed by atoms with Crippen LogP contribution in [-0.2, 0) is 14.3 Å². The lowest BCUT2D eigenvalue weighted by Gasteiger charge is -2.19. The molecule has 1 aliphatic rings. The van der Waals surface area contributed by atoms with Crippen molar-refractivity contribution in [1.82, 2.24) is 5.32 Å². The fourth-order valence-electron chi connectivity index (χ4n) is 1.85. The third-order valence-electron chi connectivity index (χ3n) is 2.95. The van der Waals surface area contributed by atoms with E-state index in [-0.39, 0.29) is 6.61 Å². The highest BCUT2D eigenvalue weighted by Crippen LogP contribution is 2.28. The Kier molecular flexibility index (Phi) is 4.82. The summed E-state index contributed by atoms with van der Waals surface area (Å²) < 4.78 is 9.93. The molecule has 112 valence electrons. The Morgan fingerprint density at radius 1 is 1.52 bits per heavy atom. The fourth-order valence-corrected chi connectivity index (χ4v) is 2.03. The van der Waals surface area contributed by atoms with Crippen LogP contribution in [0.4, 0.5) is 0 Å². The molecule has 0 saturated heterocycles. The number of esters is 1. The molecule has 1 atom stereocenters. The van der Waals surface area contributed by atoms with E-state index in [0.29, 0.717) is 21.9 Å². The van der Waals surface area contributed by atoms with Crippen molar-refractivity contribution in [3.05, 3.63) is 34.4 Å². The summed E-state index contributed by atoms with van der Waals surface area (Å²) in [4.78, 5) is 23.4. The van der Waals surface area contributed by atoms with E-state index in [1.807, 2.05) is 0 Å². The number of fused-ring (bicyclic) bond motifs is 1. The molecule has 6 nitrogen and oxygen atoms in total. The first-order chi connectivity index (χ1) is 10.0. The second kappa shape index (κ2) is 6.60. The van der Waals surface area contributed by atoms with Crippen molar-refractivity contribution in [2.24, 2.45) is 0 Å². The molecule has 0 fully saturated rings. The average molecular weight is 312 g/mol. The zero-order chi connectivity index (χ0) is 15.4. The van der Waals surface area contributed by atoms with Crippen molar-refractivity contribution in [2.45, 2.75) is 6.04 Å². The number of rotatable bonds is 4. The van der Waals surface area contributed by atoms with Crippen LogP contribution in [0, 0.1) is 0 Å². The normalized spacial score (nSPS) is 14.3. The standard InChI is InChI=1S/C14H14ClNO5/c1-20-14(19)11(6-17)16-13(18)9-4-8-5-10(15)2-3-12(8)21-7-9/h2-5,11,17H,6-7H2,1H3,(H,16,18). The second-order valence-corrected chi connectivity index (χ2v) is 4.81. The van der Waals surface area contributed by atoms with Gasteiger partial charge in [0.1, 0.15) is 12.4 Å². The molecule has 7 heteroatoms. The smallest absolute Gasteiger partial charge is 0.330 e. The van der Waals surface area contributed by atoms with E-state index >= 15 is 0 Å². The second-order valence-electron chi connectivity index (χ2n) is 4.37. The van der Waals surface area contributed by atoms with E-state index < -0.39 is 24.5 Å².